The third kappa shape index (κ3) is 1.75. The molecule has 14 heavy (non-hydrogen) atoms. The molecular weight excluding hydrogens is 176 g/mol. The molecule has 0 saturated heterocycles. The number of aliphatic hydroxyl groups excluding tert-OH is 1. The average molecular weight is 192 g/mol. The summed E-state index contributed by atoms with van der Waals surface area (Å²) in [5, 5.41) is 9.12. The third-order valence-electron chi connectivity index (χ3n) is 2.91. The first-order chi connectivity index (χ1) is 6.65. The molecule has 1 aliphatic rings. The summed E-state index contributed by atoms with van der Waals surface area (Å²) in [5.74, 6) is 0.875. The van der Waals surface area contributed by atoms with Gasteiger partial charge < -0.3 is 9.84 Å². The van der Waals surface area contributed by atoms with Gasteiger partial charge in [0.15, 0.2) is 0 Å². The largest absolute Gasteiger partial charge is 0.485 e. The molecule has 2 rings (SSSR count). The fourth-order valence-corrected chi connectivity index (χ4v) is 1.46. The molecule has 0 bridgehead atoms. The summed E-state index contributed by atoms with van der Waals surface area (Å²) in [5.41, 5.74) is 2.24. The first-order valence-electron chi connectivity index (χ1n) is 5.02. The molecule has 0 heterocycles. The maximum absolute atomic E-state index is 9.12. The van der Waals surface area contributed by atoms with E-state index in [4.69, 9.17) is 9.84 Å². The highest BCUT2D eigenvalue weighted by Crippen LogP contribution is 2.39. The second-order valence-electron chi connectivity index (χ2n) is 4.19. The van der Waals surface area contributed by atoms with Gasteiger partial charge in [0.1, 0.15) is 11.4 Å². The van der Waals surface area contributed by atoms with E-state index in [1.807, 2.05) is 12.1 Å². The molecule has 0 amide bonds. The van der Waals surface area contributed by atoms with Gasteiger partial charge in [-0.25, -0.2) is 0 Å². The van der Waals surface area contributed by atoms with Gasteiger partial charge in [-0.2, -0.15) is 0 Å². The summed E-state index contributed by atoms with van der Waals surface area (Å²) in [4.78, 5) is 0. The van der Waals surface area contributed by atoms with Gasteiger partial charge in [-0.15, -0.1) is 0 Å². The maximum atomic E-state index is 9.12. The molecule has 0 aromatic heterocycles. The van der Waals surface area contributed by atoms with Crippen molar-refractivity contribution in [2.24, 2.45) is 0 Å². The molecule has 2 nitrogen and oxygen atoms in total. The molecule has 1 aromatic carbocycles. The Labute approximate surface area is 84.5 Å². The first-order valence-corrected chi connectivity index (χ1v) is 5.02. The monoisotopic (exact) mass is 192 g/mol. The molecular formula is C12H16O2. The van der Waals surface area contributed by atoms with E-state index in [0.717, 1.165) is 18.6 Å². The van der Waals surface area contributed by atoms with Crippen molar-refractivity contribution in [3.63, 3.8) is 0 Å². The lowest BCUT2D eigenvalue weighted by molar-refractivity contribution is 0.0953. The minimum absolute atomic E-state index is 0.125. The van der Waals surface area contributed by atoms with E-state index < -0.39 is 0 Å². The minimum Gasteiger partial charge on any atom is -0.485 e. The van der Waals surface area contributed by atoms with Crippen molar-refractivity contribution in [3.8, 4) is 5.75 Å². The quantitative estimate of drug-likeness (QED) is 0.795. The van der Waals surface area contributed by atoms with Gasteiger partial charge in [-0.3, -0.25) is 0 Å². The smallest absolute Gasteiger partial charge is 0.132 e. The first kappa shape index (κ1) is 9.53. The molecule has 0 atom stereocenters. The molecule has 1 aromatic rings. The fraction of sp³-hybridized carbons (Fsp3) is 0.500. The van der Waals surface area contributed by atoms with E-state index in [0.29, 0.717) is 0 Å². The third-order valence-corrected chi connectivity index (χ3v) is 2.91. The Morgan fingerprint density at radius 3 is 2.50 bits per heavy atom. The van der Waals surface area contributed by atoms with Crippen LogP contribution < -0.4 is 4.74 Å². The highest BCUT2D eigenvalue weighted by atomic mass is 16.5. The van der Waals surface area contributed by atoms with Crippen molar-refractivity contribution < 1.29 is 9.84 Å². The maximum Gasteiger partial charge on any atom is 0.132 e. The van der Waals surface area contributed by atoms with E-state index in [1.165, 1.54) is 11.1 Å². The Morgan fingerprint density at radius 2 is 2.00 bits per heavy atom. The molecule has 1 saturated carbocycles. The molecule has 1 N–H and O–H groups in total. The Bertz CT molecular complexity index is 340. The van der Waals surface area contributed by atoms with Crippen LogP contribution in [0.15, 0.2) is 18.2 Å². The number of hydrogen-bond donors (Lipinski definition) is 1. The Kier molecular flexibility index (Phi) is 2.23. The SMILES string of the molecule is Cc1ccc(OC2(CO)CC2)cc1C. The van der Waals surface area contributed by atoms with Crippen molar-refractivity contribution in [3.05, 3.63) is 29.3 Å². The van der Waals surface area contributed by atoms with E-state index in [1.54, 1.807) is 0 Å². The van der Waals surface area contributed by atoms with Gasteiger partial charge in [0.05, 0.1) is 6.61 Å². The molecule has 1 aliphatic carbocycles. The predicted molar refractivity (Wildman–Crippen MR) is 55.6 cm³/mol. The second-order valence-corrected chi connectivity index (χ2v) is 4.19. The van der Waals surface area contributed by atoms with Crippen molar-refractivity contribution in [2.75, 3.05) is 6.61 Å². The Balaban J connectivity index is 2.14. The Hall–Kier alpha value is -1.02. The molecule has 0 radical (unpaired) electrons. The summed E-state index contributed by atoms with van der Waals surface area (Å²) in [6.07, 6.45) is 1.94. The van der Waals surface area contributed by atoms with Crippen LogP contribution in [0, 0.1) is 13.8 Å². The Morgan fingerprint density at radius 1 is 1.29 bits per heavy atom. The van der Waals surface area contributed by atoms with Crippen molar-refractivity contribution in [1.29, 1.82) is 0 Å². The molecule has 1 fully saturated rings. The van der Waals surface area contributed by atoms with Crippen LogP contribution in [0.25, 0.3) is 0 Å². The zero-order chi connectivity index (χ0) is 10.2. The zero-order valence-electron chi connectivity index (χ0n) is 8.71. The topological polar surface area (TPSA) is 29.5 Å². The van der Waals surface area contributed by atoms with Crippen LogP contribution in [0.1, 0.15) is 24.0 Å². The summed E-state index contributed by atoms with van der Waals surface area (Å²) in [7, 11) is 0. The van der Waals surface area contributed by atoms with Crippen LogP contribution in [0.5, 0.6) is 5.75 Å². The zero-order valence-corrected chi connectivity index (χ0v) is 8.71. The van der Waals surface area contributed by atoms with Gasteiger partial charge in [0, 0.05) is 0 Å². The molecule has 76 valence electrons. The van der Waals surface area contributed by atoms with E-state index in [2.05, 4.69) is 19.9 Å². The number of aliphatic hydroxyl groups is 1. The summed E-state index contributed by atoms with van der Waals surface area (Å²) >= 11 is 0. The lowest BCUT2D eigenvalue weighted by atomic mass is 10.1. The predicted octanol–water partition coefficient (Wildman–Crippen LogP) is 2.21. The number of benzene rings is 1. The number of rotatable bonds is 3. The lowest BCUT2D eigenvalue weighted by Crippen LogP contribution is -2.22. The normalized spacial score (nSPS) is 17.9. The van der Waals surface area contributed by atoms with Crippen molar-refractivity contribution in [2.45, 2.75) is 32.3 Å². The van der Waals surface area contributed by atoms with Crippen LogP contribution in [0.2, 0.25) is 0 Å². The lowest BCUT2D eigenvalue weighted by Gasteiger charge is -2.16. The van der Waals surface area contributed by atoms with E-state index in [-0.39, 0.29) is 12.2 Å². The van der Waals surface area contributed by atoms with Gasteiger partial charge >= 0.3 is 0 Å². The number of aryl methyl sites for hydroxylation is 2. The number of ether oxygens (including phenoxy) is 1. The highest BCUT2D eigenvalue weighted by Gasteiger charge is 2.44. The van der Waals surface area contributed by atoms with Crippen LogP contribution in [0.4, 0.5) is 0 Å². The van der Waals surface area contributed by atoms with Gasteiger partial charge in [-0.05, 0) is 49.9 Å². The van der Waals surface area contributed by atoms with Crippen molar-refractivity contribution in [1.82, 2.24) is 0 Å². The van der Waals surface area contributed by atoms with Gasteiger partial charge in [0.2, 0.25) is 0 Å². The van der Waals surface area contributed by atoms with Crippen LogP contribution in [-0.2, 0) is 0 Å². The number of hydrogen-bond acceptors (Lipinski definition) is 2. The van der Waals surface area contributed by atoms with Crippen LogP contribution in [0.3, 0.4) is 0 Å². The molecule has 2 heteroatoms. The summed E-state index contributed by atoms with van der Waals surface area (Å²) in [6.45, 7) is 4.28. The molecule has 0 unspecified atom stereocenters. The second kappa shape index (κ2) is 3.28. The van der Waals surface area contributed by atoms with Crippen LogP contribution >= 0.6 is 0 Å². The van der Waals surface area contributed by atoms with Crippen LogP contribution in [-0.4, -0.2) is 17.3 Å². The fourth-order valence-electron chi connectivity index (χ4n) is 1.46. The standard InChI is InChI=1S/C12H16O2/c1-9-3-4-11(7-10(9)2)14-12(8-13)5-6-12/h3-4,7,13H,5-6,8H2,1-2H3. The van der Waals surface area contributed by atoms with E-state index >= 15 is 0 Å². The van der Waals surface area contributed by atoms with Gasteiger partial charge in [0.25, 0.3) is 0 Å². The average Bonchev–Trinajstić information content (AvgIpc) is 2.93. The van der Waals surface area contributed by atoms with Crippen molar-refractivity contribution >= 4 is 0 Å². The molecule has 0 spiro atoms. The van der Waals surface area contributed by atoms with Gasteiger partial charge in [-0.1, -0.05) is 6.07 Å². The van der Waals surface area contributed by atoms with E-state index in [9.17, 15) is 0 Å². The molecule has 0 aliphatic heterocycles. The summed E-state index contributed by atoms with van der Waals surface area (Å²) < 4.78 is 5.75. The highest BCUT2D eigenvalue weighted by molar-refractivity contribution is 5.34. The minimum atomic E-state index is -0.262. The summed E-state index contributed by atoms with van der Waals surface area (Å²) in [6, 6.07) is 6.06.